The molecule has 2 fully saturated rings. The lowest BCUT2D eigenvalue weighted by Crippen LogP contribution is -2.47. The summed E-state index contributed by atoms with van der Waals surface area (Å²) in [5.41, 5.74) is 1.35. The lowest BCUT2D eigenvalue weighted by Gasteiger charge is -2.33. The Balaban J connectivity index is 1.99. The third-order valence-corrected chi connectivity index (χ3v) is 7.03. The molecule has 0 spiro atoms. The number of amides is 1. The van der Waals surface area contributed by atoms with Crippen LogP contribution in [0.2, 0.25) is 0 Å². The van der Waals surface area contributed by atoms with Gasteiger partial charge >= 0.3 is 0 Å². The molecule has 0 N–H and O–H groups in total. The van der Waals surface area contributed by atoms with Gasteiger partial charge in [-0.25, -0.2) is 12.7 Å². The van der Waals surface area contributed by atoms with Crippen LogP contribution >= 0.6 is 0 Å². The first-order chi connectivity index (χ1) is 12.3. The van der Waals surface area contributed by atoms with E-state index >= 15 is 0 Å². The number of sulfonamides is 1. The summed E-state index contributed by atoms with van der Waals surface area (Å²) in [5.74, 6) is -0.0733. The molecule has 3 rings (SSSR count). The zero-order valence-electron chi connectivity index (χ0n) is 15.8. The third kappa shape index (κ3) is 3.72. The molecular weight excluding hydrogens is 352 g/mol. The highest BCUT2D eigenvalue weighted by Gasteiger charge is 2.28. The van der Waals surface area contributed by atoms with E-state index in [1.807, 2.05) is 11.9 Å². The maximum absolute atomic E-state index is 13.2. The van der Waals surface area contributed by atoms with Crippen LogP contribution in [0, 0.1) is 0 Å². The van der Waals surface area contributed by atoms with Gasteiger partial charge in [0.1, 0.15) is 0 Å². The number of likely N-dealkylation sites (N-methyl/N-ethyl adjacent to an activating group) is 1. The molecule has 7 nitrogen and oxygen atoms in total. The molecule has 1 amide bonds. The molecule has 26 heavy (non-hydrogen) atoms. The van der Waals surface area contributed by atoms with E-state index in [-0.39, 0.29) is 10.8 Å². The lowest BCUT2D eigenvalue weighted by atomic mass is 10.1. The van der Waals surface area contributed by atoms with Crippen LogP contribution < -0.4 is 4.90 Å². The van der Waals surface area contributed by atoms with E-state index in [9.17, 15) is 13.2 Å². The maximum atomic E-state index is 13.2. The molecule has 2 aliphatic heterocycles. The molecule has 0 atom stereocenters. The maximum Gasteiger partial charge on any atom is 0.256 e. The average molecular weight is 381 g/mol. The van der Waals surface area contributed by atoms with Gasteiger partial charge in [0.05, 0.1) is 10.5 Å². The van der Waals surface area contributed by atoms with Crippen LogP contribution in [0.3, 0.4) is 0 Å². The van der Waals surface area contributed by atoms with Crippen molar-refractivity contribution in [3.8, 4) is 0 Å². The van der Waals surface area contributed by atoms with Crippen molar-refractivity contribution in [3.05, 3.63) is 23.8 Å². The summed E-state index contributed by atoms with van der Waals surface area (Å²) in [7, 11) is 1.48. The minimum Gasteiger partial charge on any atom is -0.371 e. The fraction of sp³-hybridized carbons (Fsp3) is 0.611. The molecule has 2 saturated heterocycles. The normalized spacial score (nSPS) is 19.4. The summed E-state index contributed by atoms with van der Waals surface area (Å²) in [5, 5.41) is 0. The van der Waals surface area contributed by atoms with E-state index in [2.05, 4.69) is 9.80 Å². The predicted octanol–water partition coefficient (Wildman–Crippen LogP) is 0.925. The Labute approximate surface area is 156 Å². The van der Waals surface area contributed by atoms with Gasteiger partial charge in [-0.05, 0) is 38.1 Å². The van der Waals surface area contributed by atoms with E-state index in [1.165, 1.54) is 18.4 Å². The van der Waals surface area contributed by atoms with Crippen LogP contribution in [0.1, 0.15) is 23.2 Å². The van der Waals surface area contributed by atoms with Gasteiger partial charge in [0, 0.05) is 59.1 Å². The summed E-state index contributed by atoms with van der Waals surface area (Å²) in [6, 6.07) is 4.97. The number of piperazine rings is 1. The molecular formula is C18H28N4O3S. The van der Waals surface area contributed by atoms with E-state index in [0.29, 0.717) is 18.7 Å². The monoisotopic (exact) mass is 380 g/mol. The third-order valence-electron chi connectivity index (χ3n) is 5.21. The smallest absolute Gasteiger partial charge is 0.256 e. The van der Waals surface area contributed by atoms with Crippen LogP contribution in [-0.4, -0.2) is 88.8 Å². The minimum absolute atomic E-state index is 0.0733. The van der Waals surface area contributed by atoms with Crippen molar-refractivity contribution in [3.63, 3.8) is 0 Å². The van der Waals surface area contributed by atoms with Gasteiger partial charge in [-0.2, -0.15) is 0 Å². The van der Waals surface area contributed by atoms with Gasteiger partial charge in [-0.3, -0.25) is 4.79 Å². The summed E-state index contributed by atoms with van der Waals surface area (Å²) in [6.45, 7) is 4.81. The second-order valence-corrected chi connectivity index (χ2v) is 9.41. The number of hydrogen-bond acceptors (Lipinski definition) is 5. The van der Waals surface area contributed by atoms with Crippen LogP contribution in [0.25, 0.3) is 0 Å². The first-order valence-corrected chi connectivity index (χ1v) is 10.5. The average Bonchev–Trinajstić information content (AvgIpc) is 3.15. The van der Waals surface area contributed by atoms with Crippen molar-refractivity contribution in [1.82, 2.24) is 14.1 Å². The highest BCUT2D eigenvalue weighted by Crippen LogP contribution is 2.29. The molecule has 2 aliphatic rings. The SMILES string of the molecule is CN1CCN(C(=O)c2cc(S(=O)(=O)N(C)C)ccc2N2CCCC2)CC1. The largest absolute Gasteiger partial charge is 0.371 e. The highest BCUT2D eigenvalue weighted by molar-refractivity contribution is 7.89. The molecule has 1 aromatic rings. The number of benzene rings is 1. The molecule has 144 valence electrons. The van der Waals surface area contributed by atoms with Crippen LogP contribution in [0.15, 0.2) is 23.1 Å². The van der Waals surface area contributed by atoms with Crippen molar-refractivity contribution in [1.29, 1.82) is 0 Å². The zero-order chi connectivity index (χ0) is 18.9. The van der Waals surface area contributed by atoms with Crippen molar-refractivity contribution in [2.24, 2.45) is 0 Å². The number of rotatable bonds is 4. The fourth-order valence-electron chi connectivity index (χ4n) is 3.47. The molecule has 8 heteroatoms. The molecule has 0 aromatic heterocycles. The summed E-state index contributed by atoms with van der Waals surface area (Å²) in [6.07, 6.45) is 2.19. The van der Waals surface area contributed by atoms with Crippen molar-refractivity contribution < 1.29 is 13.2 Å². The van der Waals surface area contributed by atoms with Gasteiger partial charge in [0.15, 0.2) is 0 Å². The van der Waals surface area contributed by atoms with Crippen molar-refractivity contribution in [2.45, 2.75) is 17.7 Å². The van der Waals surface area contributed by atoms with Gasteiger partial charge in [0.2, 0.25) is 10.0 Å². The first kappa shape index (κ1) is 19.1. The van der Waals surface area contributed by atoms with Crippen molar-refractivity contribution >= 4 is 21.6 Å². The molecule has 0 aliphatic carbocycles. The summed E-state index contributed by atoms with van der Waals surface area (Å²) in [4.78, 5) is 19.6. The van der Waals surface area contributed by atoms with Gasteiger partial charge in [-0.15, -0.1) is 0 Å². The van der Waals surface area contributed by atoms with Gasteiger partial charge in [-0.1, -0.05) is 0 Å². The second kappa shape index (κ2) is 7.54. The minimum atomic E-state index is -3.58. The predicted molar refractivity (Wildman–Crippen MR) is 102 cm³/mol. The van der Waals surface area contributed by atoms with Gasteiger partial charge in [0.25, 0.3) is 5.91 Å². The van der Waals surface area contributed by atoms with Crippen LogP contribution in [0.4, 0.5) is 5.69 Å². The lowest BCUT2D eigenvalue weighted by molar-refractivity contribution is 0.0664. The first-order valence-electron chi connectivity index (χ1n) is 9.10. The molecule has 0 bridgehead atoms. The Morgan fingerprint density at radius 2 is 1.62 bits per heavy atom. The highest BCUT2D eigenvalue weighted by atomic mass is 32.2. The molecule has 2 heterocycles. The number of hydrogen-bond donors (Lipinski definition) is 0. The molecule has 0 unspecified atom stereocenters. The molecule has 0 radical (unpaired) electrons. The Kier molecular flexibility index (Phi) is 5.55. The zero-order valence-corrected chi connectivity index (χ0v) is 16.6. The standard InChI is InChI=1S/C18H28N4O3S/c1-19(2)26(24,25)15-6-7-17(21-8-4-5-9-21)16(14-15)18(23)22-12-10-20(3)11-13-22/h6-7,14H,4-5,8-13H2,1-3H3. The van der Waals surface area contributed by atoms with Crippen LogP contribution in [-0.2, 0) is 10.0 Å². The topological polar surface area (TPSA) is 64.2 Å². The fourth-order valence-corrected chi connectivity index (χ4v) is 4.40. The Hall–Kier alpha value is -1.64. The van der Waals surface area contributed by atoms with E-state index < -0.39 is 10.0 Å². The van der Waals surface area contributed by atoms with E-state index in [4.69, 9.17) is 0 Å². The summed E-state index contributed by atoms with van der Waals surface area (Å²) >= 11 is 0. The Morgan fingerprint density at radius 1 is 1.00 bits per heavy atom. The Morgan fingerprint density at radius 3 is 2.19 bits per heavy atom. The molecule has 1 aromatic carbocycles. The quantitative estimate of drug-likeness (QED) is 0.777. The van der Waals surface area contributed by atoms with Crippen molar-refractivity contribution in [2.75, 3.05) is 65.3 Å². The number of carbonyl (C=O) groups excluding carboxylic acids is 1. The van der Waals surface area contributed by atoms with Gasteiger partial charge < -0.3 is 14.7 Å². The number of nitrogens with zero attached hydrogens (tertiary/aromatic N) is 4. The molecule has 0 saturated carbocycles. The second-order valence-electron chi connectivity index (χ2n) is 7.26. The van der Waals surface area contributed by atoms with E-state index in [1.54, 1.807) is 18.2 Å². The van der Waals surface area contributed by atoms with Crippen LogP contribution in [0.5, 0.6) is 0 Å². The number of carbonyl (C=O) groups is 1. The van der Waals surface area contributed by atoms with E-state index in [0.717, 1.165) is 44.7 Å². The number of anilines is 1. The summed E-state index contributed by atoms with van der Waals surface area (Å²) < 4.78 is 26.3. The Bertz CT molecular complexity index is 765.